The van der Waals surface area contributed by atoms with Crippen molar-refractivity contribution >= 4 is 46.1 Å². The first kappa shape index (κ1) is 25.6. The normalized spacial score (nSPS) is 16.0. The Hall–Kier alpha value is -3.48. The van der Waals surface area contributed by atoms with Crippen LogP contribution in [0.2, 0.25) is 5.02 Å². The zero-order valence-electron chi connectivity index (χ0n) is 20.8. The molecule has 1 heterocycles. The molecule has 0 radical (unpaired) electrons. The van der Waals surface area contributed by atoms with Gasteiger partial charge in [0.05, 0.1) is 17.4 Å². The summed E-state index contributed by atoms with van der Waals surface area (Å²) in [5.74, 6) is -0.448. The van der Waals surface area contributed by atoms with Crippen molar-refractivity contribution in [2.75, 3.05) is 31.3 Å². The van der Waals surface area contributed by atoms with Crippen LogP contribution < -0.4 is 10.6 Å². The number of hydrogen-bond donors (Lipinski definition) is 2. The minimum Gasteiger partial charge on any atom is -0.385 e. The minimum absolute atomic E-state index is 0.0473. The highest BCUT2D eigenvalue weighted by molar-refractivity contribution is 6.31. The highest BCUT2D eigenvalue weighted by Gasteiger charge is 2.35. The molecule has 0 spiro atoms. The molecular formula is C29H31ClN4O2. The molecule has 0 aliphatic carbocycles. The van der Waals surface area contributed by atoms with E-state index >= 15 is 0 Å². The van der Waals surface area contributed by atoms with Gasteiger partial charge in [0, 0.05) is 22.9 Å². The van der Waals surface area contributed by atoms with E-state index in [9.17, 15) is 9.59 Å². The average Bonchev–Trinajstić information content (AvgIpc) is 3.17. The van der Waals surface area contributed by atoms with Crippen LogP contribution in [-0.4, -0.2) is 49.0 Å². The monoisotopic (exact) mass is 502 g/mol. The van der Waals surface area contributed by atoms with E-state index < -0.39 is 5.92 Å². The van der Waals surface area contributed by atoms with Crippen molar-refractivity contribution in [1.29, 1.82) is 0 Å². The Bertz CT molecular complexity index is 1260. The molecule has 2 atom stereocenters. The molecule has 2 N–H and O–H groups in total. The third-order valence-electron chi connectivity index (χ3n) is 6.38. The molecule has 4 rings (SSSR count). The number of benzene rings is 3. The predicted octanol–water partition coefficient (Wildman–Crippen LogP) is 5.91. The average molecular weight is 503 g/mol. The second-order valence-electron chi connectivity index (χ2n) is 9.22. The van der Waals surface area contributed by atoms with Gasteiger partial charge in [-0.25, -0.2) is 0 Å². The first-order chi connectivity index (χ1) is 17.3. The van der Waals surface area contributed by atoms with Crippen LogP contribution in [0.5, 0.6) is 0 Å². The maximum absolute atomic E-state index is 13.0. The molecule has 0 aromatic heterocycles. The number of carbonyl (C=O) groups excluding carboxylic acids is 2. The van der Waals surface area contributed by atoms with Crippen molar-refractivity contribution < 1.29 is 9.59 Å². The summed E-state index contributed by atoms with van der Waals surface area (Å²) in [6, 6.07) is 23.0. The van der Waals surface area contributed by atoms with E-state index in [1.165, 1.54) is 0 Å². The highest BCUT2D eigenvalue weighted by atomic mass is 35.5. The quantitative estimate of drug-likeness (QED) is 0.267. The van der Waals surface area contributed by atoms with Gasteiger partial charge in [0.15, 0.2) is 0 Å². The summed E-state index contributed by atoms with van der Waals surface area (Å²) in [6.07, 6.45) is 1.70. The molecule has 186 valence electrons. The molecule has 3 aromatic carbocycles. The molecule has 3 aromatic rings. The van der Waals surface area contributed by atoms with E-state index in [1.54, 1.807) is 19.1 Å². The minimum atomic E-state index is -0.525. The molecule has 1 amide bonds. The second kappa shape index (κ2) is 11.5. The predicted molar refractivity (Wildman–Crippen MR) is 148 cm³/mol. The van der Waals surface area contributed by atoms with E-state index in [2.05, 4.69) is 10.6 Å². The molecule has 1 aliphatic rings. The summed E-state index contributed by atoms with van der Waals surface area (Å²) in [5.41, 5.74) is 4.92. The Kier molecular flexibility index (Phi) is 8.18. The van der Waals surface area contributed by atoms with E-state index in [0.717, 1.165) is 47.6 Å². The standard InChI is InChI=1S/C29H31ClN4O2/c1-19(35)26(34(2)3)10-7-17-31-22-12-14-23(15-13-22)32-28(20-8-5-4-6-9-20)27-24-16-11-21(30)18-25(24)33-29(27)36/h4-6,8-9,11-16,18,26-27,31H,7,10,17H2,1-3H3,(H,33,36). The first-order valence-electron chi connectivity index (χ1n) is 12.1. The van der Waals surface area contributed by atoms with E-state index in [0.29, 0.717) is 10.7 Å². The molecule has 7 heteroatoms. The number of Topliss-reactive ketones (excluding diaryl/α,β-unsaturated/α-hetero) is 1. The Balaban J connectivity index is 1.52. The summed E-state index contributed by atoms with van der Waals surface area (Å²) < 4.78 is 0. The van der Waals surface area contributed by atoms with Gasteiger partial charge in [0.2, 0.25) is 5.91 Å². The van der Waals surface area contributed by atoms with Crippen LogP contribution in [-0.2, 0) is 9.59 Å². The van der Waals surface area contributed by atoms with E-state index in [4.69, 9.17) is 16.6 Å². The van der Waals surface area contributed by atoms with E-state index in [1.807, 2.05) is 79.7 Å². The highest BCUT2D eigenvalue weighted by Crippen LogP contribution is 2.37. The third-order valence-corrected chi connectivity index (χ3v) is 6.62. The van der Waals surface area contributed by atoms with Crippen LogP contribution in [0.4, 0.5) is 17.1 Å². The number of hydrogen-bond acceptors (Lipinski definition) is 5. The van der Waals surface area contributed by atoms with Crippen molar-refractivity contribution in [3.63, 3.8) is 0 Å². The maximum atomic E-state index is 13.0. The van der Waals surface area contributed by atoms with Crippen LogP contribution in [0.15, 0.2) is 77.8 Å². The lowest BCUT2D eigenvalue weighted by Crippen LogP contribution is -2.34. The Morgan fingerprint density at radius 3 is 2.47 bits per heavy atom. The number of aliphatic imine (C=N–C) groups is 1. The number of nitrogens with zero attached hydrogens (tertiary/aromatic N) is 2. The SMILES string of the molecule is CC(=O)C(CCCNc1ccc(N=C(c2ccccc2)C2C(=O)Nc3cc(Cl)ccc32)cc1)N(C)C. The number of nitrogens with one attached hydrogen (secondary N) is 2. The lowest BCUT2D eigenvalue weighted by molar-refractivity contribution is -0.121. The van der Waals surface area contributed by atoms with Crippen molar-refractivity contribution in [2.24, 2.45) is 4.99 Å². The van der Waals surface area contributed by atoms with Gasteiger partial charge in [-0.05, 0) is 81.4 Å². The molecule has 6 nitrogen and oxygen atoms in total. The number of amides is 1. The third kappa shape index (κ3) is 6.01. The molecular weight excluding hydrogens is 472 g/mol. The Labute approximate surface area is 217 Å². The van der Waals surface area contributed by atoms with Gasteiger partial charge in [-0.15, -0.1) is 0 Å². The summed E-state index contributed by atoms with van der Waals surface area (Å²) in [7, 11) is 3.87. The van der Waals surface area contributed by atoms with Gasteiger partial charge >= 0.3 is 0 Å². The maximum Gasteiger partial charge on any atom is 0.238 e. The second-order valence-corrected chi connectivity index (χ2v) is 9.66. The molecule has 0 saturated heterocycles. The number of likely N-dealkylation sites (N-methyl/N-ethyl adjacent to an activating group) is 1. The molecule has 1 aliphatic heterocycles. The number of halogens is 1. The zero-order valence-corrected chi connectivity index (χ0v) is 21.5. The summed E-state index contributed by atoms with van der Waals surface area (Å²) in [6.45, 7) is 2.42. The van der Waals surface area contributed by atoms with Gasteiger partial charge in [-0.1, -0.05) is 48.0 Å². The van der Waals surface area contributed by atoms with Crippen molar-refractivity contribution in [2.45, 2.75) is 31.7 Å². The molecule has 2 unspecified atom stereocenters. The summed E-state index contributed by atoms with van der Waals surface area (Å²) in [4.78, 5) is 31.7. The number of fused-ring (bicyclic) bond motifs is 1. The van der Waals surface area contributed by atoms with Gasteiger partial charge in [0.1, 0.15) is 11.7 Å². The fraction of sp³-hybridized carbons (Fsp3) is 0.276. The topological polar surface area (TPSA) is 73.8 Å². The lowest BCUT2D eigenvalue weighted by Gasteiger charge is -2.21. The van der Waals surface area contributed by atoms with Crippen LogP contribution >= 0.6 is 11.6 Å². The number of rotatable bonds is 10. The van der Waals surface area contributed by atoms with Gasteiger partial charge in [-0.3, -0.25) is 19.5 Å². The molecule has 0 saturated carbocycles. The smallest absolute Gasteiger partial charge is 0.238 e. The van der Waals surface area contributed by atoms with E-state index in [-0.39, 0.29) is 17.7 Å². The van der Waals surface area contributed by atoms with Crippen molar-refractivity contribution in [3.8, 4) is 0 Å². The fourth-order valence-electron chi connectivity index (χ4n) is 4.56. The molecule has 0 fully saturated rings. The van der Waals surface area contributed by atoms with Gasteiger partial charge < -0.3 is 10.6 Å². The van der Waals surface area contributed by atoms with Crippen LogP contribution in [0.1, 0.15) is 36.8 Å². The van der Waals surface area contributed by atoms with Crippen LogP contribution in [0.3, 0.4) is 0 Å². The fourth-order valence-corrected chi connectivity index (χ4v) is 4.73. The lowest BCUT2D eigenvalue weighted by atomic mass is 9.90. The van der Waals surface area contributed by atoms with Crippen LogP contribution in [0, 0.1) is 0 Å². The van der Waals surface area contributed by atoms with Gasteiger partial charge in [0.25, 0.3) is 0 Å². The number of carbonyl (C=O) groups is 2. The van der Waals surface area contributed by atoms with Gasteiger partial charge in [-0.2, -0.15) is 0 Å². The Morgan fingerprint density at radius 2 is 1.81 bits per heavy atom. The zero-order chi connectivity index (χ0) is 25.7. The van der Waals surface area contributed by atoms with Crippen molar-refractivity contribution in [1.82, 2.24) is 4.90 Å². The first-order valence-corrected chi connectivity index (χ1v) is 12.5. The molecule has 0 bridgehead atoms. The number of ketones is 1. The summed E-state index contributed by atoms with van der Waals surface area (Å²) in [5, 5.41) is 6.94. The number of anilines is 2. The molecule has 36 heavy (non-hydrogen) atoms. The summed E-state index contributed by atoms with van der Waals surface area (Å²) >= 11 is 6.14. The Morgan fingerprint density at radius 1 is 1.08 bits per heavy atom. The van der Waals surface area contributed by atoms with Crippen molar-refractivity contribution in [3.05, 3.63) is 88.9 Å². The largest absolute Gasteiger partial charge is 0.385 e. The van der Waals surface area contributed by atoms with Crippen LogP contribution in [0.25, 0.3) is 0 Å².